The molecule has 4 nitrogen and oxygen atoms in total. The third-order valence-electron chi connectivity index (χ3n) is 3.79. The fraction of sp³-hybridized carbons (Fsp3) is 0.0476. The van der Waals surface area contributed by atoms with Crippen LogP contribution in [0.25, 0.3) is 16.5 Å². The fourth-order valence-corrected chi connectivity index (χ4v) is 3.44. The largest absolute Gasteiger partial charge is 0.369 e. The molecule has 0 fully saturated rings. The second-order valence-electron chi connectivity index (χ2n) is 5.83. The predicted octanol–water partition coefficient (Wildman–Crippen LogP) is 4.23. The zero-order chi connectivity index (χ0) is 19.2. The lowest BCUT2D eigenvalue weighted by molar-refractivity contribution is -0.117. The van der Waals surface area contributed by atoms with Crippen LogP contribution in [-0.2, 0) is 16.0 Å². The van der Waals surface area contributed by atoms with Gasteiger partial charge in [-0.25, -0.2) is 4.39 Å². The predicted molar refractivity (Wildman–Crippen MR) is 107 cm³/mol. The van der Waals surface area contributed by atoms with E-state index in [1.54, 1.807) is 42.5 Å². The number of rotatable bonds is 6. The number of hydrogen-bond donors (Lipinski definition) is 2. The average molecular weight is 380 g/mol. The van der Waals surface area contributed by atoms with E-state index in [1.165, 1.54) is 29.5 Å². The minimum atomic E-state index is -0.459. The molecule has 0 spiro atoms. The summed E-state index contributed by atoms with van der Waals surface area (Å²) in [7, 11) is 0. The molecule has 3 N–H and O–H groups in total. The minimum absolute atomic E-state index is 0.0616. The summed E-state index contributed by atoms with van der Waals surface area (Å²) in [6.45, 7) is 0. The van der Waals surface area contributed by atoms with Gasteiger partial charge in [0.2, 0.25) is 11.8 Å². The molecule has 3 aromatic rings. The van der Waals surface area contributed by atoms with Crippen LogP contribution in [0.2, 0.25) is 0 Å². The van der Waals surface area contributed by atoms with E-state index in [1.807, 2.05) is 12.1 Å². The highest BCUT2D eigenvalue weighted by atomic mass is 32.1. The van der Waals surface area contributed by atoms with E-state index in [9.17, 15) is 14.0 Å². The van der Waals surface area contributed by atoms with Crippen LogP contribution in [0, 0.1) is 5.82 Å². The van der Waals surface area contributed by atoms with E-state index in [4.69, 9.17) is 5.73 Å². The maximum absolute atomic E-state index is 13.0. The number of halogens is 1. The minimum Gasteiger partial charge on any atom is -0.369 e. The fourth-order valence-electron chi connectivity index (χ4n) is 2.53. The van der Waals surface area contributed by atoms with Gasteiger partial charge in [0.25, 0.3) is 0 Å². The molecule has 2 amide bonds. The van der Waals surface area contributed by atoms with Crippen molar-refractivity contribution in [2.75, 3.05) is 5.32 Å². The van der Waals surface area contributed by atoms with Crippen LogP contribution >= 0.6 is 11.3 Å². The summed E-state index contributed by atoms with van der Waals surface area (Å²) in [6.07, 6.45) is 3.21. The molecule has 0 aliphatic heterocycles. The summed E-state index contributed by atoms with van der Waals surface area (Å²) in [6, 6.07) is 17.1. The van der Waals surface area contributed by atoms with Gasteiger partial charge in [0.15, 0.2) is 0 Å². The van der Waals surface area contributed by atoms with Crippen LogP contribution < -0.4 is 11.1 Å². The number of carbonyl (C=O) groups is 2. The Kier molecular flexibility index (Phi) is 5.78. The van der Waals surface area contributed by atoms with Crippen molar-refractivity contribution in [1.82, 2.24) is 0 Å². The standard InChI is InChI=1S/C21H17FN2O2S/c22-16-7-5-14(6-8-16)19-11-9-17(27-19)10-12-21(26)24-18-4-2-1-3-15(18)13-20(23)25/h1-12H,13H2,(H2,23,25)(H,24,26)/b12-10+. The second kappa shape index (κ2) is 8.42. The van der Waals surface area contributed by atoms with E-state index < -0.39 is 5.91 Å². The quantitative estimate of drug-likeness (QED) is 0.628. The van der Waals surface area contributed by atoms with Gasteiger partial charge < -0.3 is 11.1 Å². The molecule has 0 atom stereocenters. The van der Waals surface area contributed by atoms with Gasteiger partial charge in [-0.05, 0) is 47.5 Å². The maximum atomic E-state index is 13.0. The molecule has 6 heteroatoms. The Morgan fingerprint density at radius 2 is 1.78 bits per heavy atom. The Morgan fingerprint density at radius 3 is 2.52 bits per heavy atom. The van der Waals surface area contributed by atoms with Gasteiger partial charge in [-0.2, -0.15) is 0 Å². The topological polar surface area (TPSA) is 72.2 Å². The Morgan fingerprint density at radius 1 is 1.04 bits per heavy atom. The summed E-state index contributed by atoms with van der Waals surface area (Å²) < 4.78 is 13.0. The van der Waals surface area contributed by atoms with E-state index in [0.717, 1.165) is 15.3 Å². The SMILES string of the molecule is NC(=O)Cc1ccccc1NC(=O)/C=C/c1ccc(-c2ccc(F)cc2)s1. The number of thiophene rings is 1. The van der Waals surface area contributed by atoms with Crippen molar-refractivity contribution >= 4 is 34.9 Å². The van der Waals surface area contributed by atoms with Crippen molar-refractivity contribution in [3.63, 3.8) is 0 Å². The molecule has 1 heterocycles. The van der Waals surface area contributed by atoms with Crippen LogP contribution in [0.5, 0.6) is 0 Å². The second-order valence-corrected chi connectivity index (χ2v) is 6.95. The molecular formula is C21H17FN2O2S. The number of primary amides is 1. The zero-order valence-corrected chi connectivity index (χ0v) is 15.1. The molecule has 27 heavy (non-hydrogen) atoms. The molecule has 1 aromatic heterocycles. The molecule has 0 unspecified atom stereocenters. The first-order valence-electron chi connectivity index (χ1n) is 8.22. The Bertz CT molecular complexity index is 993. The van der Waals surface area contributed by atoms with Gasteiger partial charge in [0.05, 0.1) is 6.42 Å². The average Bonchev–Trinajstić information content (AvgIpc) is 3.11. The number of hydrogen-bond acceptors (Lipinski definition) is 3. The molecule has 0 saturated heterocycles. The first-order valence-corrected chi connectivity index (χ1v) is 9.04. The van der Waals surface area contributed by atoms with Crippen molar-refractivity contribution < 1.29 is 14.0 Å². The third kappa shape index (κ3) is 5.12. The van der Waals surface area contributed by atoms with Crippen LogP contribution in [0.15, 0.2) is 66.7 Å². The van der Waals surface area contributed by atoms with Crippen molar-refractivity contribution in [1.29, 1.82) is 0 Å². The van der Waals surface area contributed by atoms with Gasteiger partial charge in [0, 0.05) is 21.5 Å². The van der Waals surface area contributed by atoms with Gasteiger partial charge in [0.1, 0.15) is 5.82 Å². The van der Waals surface area contributed by atoms with E-state index in [2.05, 4.69) is 5.32 Å². The lowest BCUT2D eigenvalue weighted by Gasteiger charge is -2.08. The molecular weight excluding hydrogens is 363 g/mol. The summed E-state index contributed by atoms with van der Waals surface area (Å²) >= 11 is 1.50. The number of carbonyl (C=O) groups excluding carboxylic acids is 2. The first-order chi connectivity index (χ1) is 13.0. The number of nitrogens with one attached hydrogen (secondary N) is 1. The highest BCUT2D eigenvalue weighted by Crippen LogP contribution is 2.29. The lowest BCUT2D eigenvalue weighted by atomic mass is 10.1. The summed E-state index contributed by atoms with van der Waals surface area (Å²) in [4.78, 5) is 25.2. The summed E-state index contributed by atoms with van der Waals surface area (Å²) in [5, 5.41) is 2.76. The third-order valence-corrected chi connectivity index (χ3v) is 4.89. The molecule has 3 rings (SSSR count). The molecule has 0 saturated carbocycles. The molecule has 0 radical (unpaired) electrons. The molecule has 136 valence electrons. The van der Waals surface area contributed by atoms with E-state index >= 15 is 0 Å². The Hall–Kier alpha value is -3.25. The highest BCUT2D eigenvalue weighted by molar-refractivity contribution is 7.16. The maximum Gasteiger partial charge on any atom is 0.248 e. The molecule has 0 bridgehead atoms. The first kappa shape index (κ1) is 18.5. The number of anilines is 1. The summed E-state index contributed by atoms with van der Waals surface area (Å²) in [5.41, 5.74) is 7.38. The number of amides is 2. The van der Waals surface area contributed by atoms with Gasteiger partial charge in [-0.3, -0.25) is 9.59 Å². The normalized spacial score (nSPS) is 10.9. The van der Waals surface area contributed by atoms with Crippen LogP contribution in [0.4, 0.5) is 10.1 Å². The van der Waals surface area contributed by atoms with Gasteiger partial charge in [-0.15, -0.1) is 11.3 Å². The van der Waals surface area contributed by atoms with Crippen LogP contribution in [-0.4, -0.2) is 11.8 Å². The molecule has 2 aromatic carbocycles. The lowest BCUT2D eigenvalue weighted by Crippen LogP contribution is -2.16. The van der Waals surface area contributed by atoms with E-state index in [0.29, 0.717) is 11.3 Å². The number of benzene rings is 2. The van der Waals surface area contributed by atoms with Crippen LogP contribution in [0.1, 0.15) is 10.4 Å². The van der Waals surface area contributed by atoms with Gasteiger partial charge >= 0.3 is 0 Å². The summed E-state index contributed by atoms with van der Waals surface area (Å²) in [5.74, 6) is -1.04. The molecule has 0 aliphatic carbocycles. The smallest absolute Gasteiger partial charge is 0.248 e. The van der Waals surface area contributed by atoms with Crippen molar-refractivity contribution in [2.24, 2.45) is 5.73 Å². The Labute approximate surface area is 160 Å². The zero-order valence-electron chi connectivity index (χ0n) is 14.3. The molecule has 0 aliphatic rings. The highest BCUT2D eigenvalue weighted by Gasteiger charge is 2.07. The van der Waals surface area contributed by atoms with Gasteiger partial charge in [-0.1, -0.05) is 30.3 Å². The van der Waals surface area contributed by atoms with E-state index in [-0.39, 0.29) is 18.1 Å². The van der Waals surface area contributed by atoms with Crippen molar-refractivity contribution in [2.45, 2.75) is 6.42 Å². The monoisotopic (exact) mass is 380 g/mol. The number of nitrogens with two attached hydrogens (primary N) is 1. The van der Waals surface area contributed by atoms with Crippen molar-refractivity contribution in [3.05, 3.63) is 83.0 Å². The van der Waals surface area contributed by atoms with Crippen LogP contribution in [0.3, 0.4) is 0 Å². The van der Waals surface area contributed by atoms with Crippen molar-refractivity contribution in [3.8, 4) is 10.4 Å². The number of para-hydroxylation sites is 1. The Balaban J connectivity index is 1.67.